The molecular weight excluding hydrogens is 527 g/mol. The molecule has 192 valence electrons. The monoisotopic (exact) mass is 548 g/mol. The van der Waals surface area contributed by atoms with E-state index in [1.807, 2.05) is 6.07 Å². The van der Waals surface area contributed by atoms with Crippen molar-refractivity contribution >= 4 is 41.3 Å². The van der Waals surface area contributed by atoms with Crippen molar-refractivity contribution in [2.24, 2.45) is 5.10 Å². The quantitative estimate of drug-likeness (QED) is 0.111. The van der Waals surface area contributed by atoms with Gasteiger partial charge in [0.1, 0.15) is 12.4 Å². The lowest BCUT2D eigenvalue weighted by atomic mass is 10.2. The Hall–Kier alpha value is -4.33. The molecule has 0 aliphatic carbocycles. The predicted octanol–water partition coefficient (Wildman–Crippen LogP) is 6.56. The Labute approximate surface area is 229 Å². The Kier molecular flexibility index (Phi) is 8.98. The van der Waals surface area contributed by atoms with E-state index in [0.29, 0.717) is 38.2 Å². The molecule has 0 saturated heterocycles. The summed E-state index contributed by atoms with van der Waals surface area (Å²) >= 11 is 12.1. The first-order valence-corrected chi connectivity index (χ1v) is 12.1. The minimum Gasteiger partial charge on any atom is -0.493 e. The van der Waals surface area contributed by atoms with E-state index in [-0.39, 0.29) is 12.4 Å². The largest absolute Gasteiger partial charge is 0.493 e. The Morgan fingerprint density at radius 2 is 1.63 bits per heavy atom. The number of hydrogen-bond acceptors (Lipinski definition) is 6. The number of hydrogen-bond donors (Lipinski definition) is 1. The van der Waals surface area contributed by atoms with Crippen LogP contribution in [0.4, 0.5) is 0 Å². The number of nitrogens with one attached hydrogen (secondary N) is 1. The average Bonchev–Trinajstić information content (AvgIpc) is 2.94. The van der Waals surface area contributed by atoms with Crippen LogP contribution in [0, 0.1) is 0 Å². The van der Waals surface area contributed by atoms with Gasteiger partial charge in [-0.3, -0.25) is 4.79 Å². The SMILES string of the molecule is COc1cc(/C=N\NC(=O)c2ccc(OCc3ccc(Cl)cc3Cl)cc2)ccc1OC(=O)c1ccccc1. The van der Waals surface area contributed by atoms with Crippen LogP contribution in [-0.2, 0) is 6.61 Å². The summed E-state index contributed by atoms with van der Waals surface area (Å²) in [4.78, 5) is 24.8. The van der Waals surface area contributed by atoms with Crippen LogP contribution < -0.4 is 19.6 Å². The van der Waals surface area contributed by atoms with Crippen LogP contribution in [0.25, 0.3) is 0 Å². The summed E-state index contributed by atoms with van der Waals surface area (Å²) in [5.74, 6) is 0.302. The molecule has 7 nitrogen and oxygen atoms in total. The second kappa shape index (κ2) is 12.8. The van der Waals surface area contributed by atoms with Crippen molar-refractivity contribution in [2.45, 2.75) is 6.61 Å². The maximum absolute atomic E-state index is 12.5. The highest BCUT2D eigenvalue weighted by Crippen LogP contribution is 2.28. The third-order valence-corrected chi connectivity index (χ3v) is 5.89. The Morgan fingerprint density at radius 3 is 2.34 bits per heavy atom. The number of methoxy groups -OCH3 is 1. The number of nitrogens with zero attached hydrogens (tertiary/aromatic N) is 1. The molecule has 0 fully saturated rings. The van der Waals surface area contributed by atoms with E-state index in [1.54, 1.807) is 84.9 Å². The Morgan fingerprint density at radius 1 is 0.868 bits per heavy atom. The van der Waals surface area contributed by atoms with Crippen molar-refractivity contribution in [3.63, 3.8) is 0 Å². The van der Waals surface area contributed by atoms with Gasteiger partial charge in [-0.2, -0.15) is 5.10 Å². The molecule has 0 aliphatic rings. The Balaban J connectivity index is 1.32. The van der Waals surface area contributed by atoms with Gasteiger partial charge in [0.2, 0.25) is 0 Å². The number of carbonyl (C=O) groups excluding carboxylic acids is 2. The van der Waals surface area contributed by atoms with Gasteiger partial charge in [-0.1, -0.05) is 47.5 Å². The first-order valence-electron chi connectivity index (χ1n) is 11.4. The van der Waals surface area contributed by atoms with Gasteiger partial charge in [0, 0.05) is 21.2 Å². The van der Waals surface area contributed by atoms with Gasteiger partial charge in [-0.15, -0.1) is 0 Å². The van der Waals surface area contributed by atoms with E-state index in [0.717, 1.165) is 5.56 Å². The molecule has 4 aromatic rings. The van der Waals surface area contributed by atoms with Crippen molar-refractivity contribution in [2.75, 3.05) is 7.11 Å². The van der Waals surface area contributed by atoms with Gasteiger partial charge < -0.3 is 14.2 Å². The molecule has 0 radical (unpaired) electrons. The highest BCUT2D eigenvalue weighted by Gasteiger charge is 2.12. The van der Waals surface area contributed by atoms with E-state index in [2.05, 4.69) is 10.5 Å². The molecule has 9 heteroatoms. The van der Waals surface area contributed by atoms with Gasteiger partial charge in [0.25, 0.3) is 5.91 Å². The van der Waals surface area contributed by atoms with E-state index in [9.17, 15) is 9.59 Å². The zero-order chi connectivity index (χ0) is 26.9. The molecule has 0 saturated carbocycles. The number of rotatable bonds is 9. The van der Waals surface area contributed by atoms with Gasteiger partial charge in [-0.05, 0) is 72.3 Å². The zero-order valence-electron chi connectivity index (χ0n) is 20.2. The third kappa shape index (κ3) is 7.12. The molecule has 1 N–H and O–H groups in total. The predicted molar refractivity (Wildman–Crippen MR) is 147 cm³/mol. The summed E-state index contributed by atoms with van der Waals surface area (Å²) in [5.41, 5.74) is 4.73. The number of carbonyl (C=O) groups is 2. The van der Waals surface area contributed by atoms with Crippen LogP contribution in [-0.4, -0.2) is 25.2 Å². The first-order chi connectivity index (χ1) is 18.4. The standard InChI is InChI=1S/C29H22Cl2N2O5/c1-36-27-15-19(7-14-26(27)38-29(35)21-5-3-2-4-6-21)17-32-33-28(34)20-9-12-24(13-10-20)37-18-22-8-11-23(30)16-25(22)31/h2-17H,18H2,1H3,(H,33,34)/b32-17-. The lowest BCUT2D eigenvalue weighted by molar-refractivity contribution is 0.0729. The van der Waals surface area contributed by atoms with Crippen molar-refractivity contribution in [1.82, 2.24) is 5.43 Å². The molecular formula is C29H22Cl2N2O5. The van der Waals surface area contributed by atoms with Gasteiger partial charge >= 0.3 is 5.97 Å². The Bertz CT molecular complexity index is 1460. The average molecular weight is 549 g/mol. The van der Waals surface area contributed by atoms with Crippen molar-refractivity contribution in [3.05, 3.63) is 123 Å². The number of hydrazone groups is 1. The molecule has 0 bridgehead atoms. The lowest BCUT2D eigenvalue weighted by Crippen LogP contribution is -2.17. The van der Waals surface area contributed by atoms with Gasteiger partial charge in [-0.25, -0.2) is 10.2 Å². The first kappa shape index (κ1) is 26.7. The molecule has 4 aromatic carbocycles. The smallest absolute Gasteiger partial charge is 0.343 e. The fourth-order valence-corrected chi connectivity index (χ4v) is 3.78. The molecule has 1 amide bonds. The van der Waals surface area contributed by atoms with Crippen LogP contribution in [0.15, 0.2) is 96.1 Å². The van der Waals surface area contributed by atoms with Crippen LogP contribution in [0.1, 0.15) is 31.8 Å². The summed E-state index contributed by atoms with van der Waals surface area (Å²) in [6, 6.07) is 25.4. The van der Waals surface area contributed by atoms with Gasteiger partial charge in [0.05, 0.1) is 18.9 Å². The van der Waals surface area contributed by atoms with Crippen molar-refractivity contribution in [3.8, 4) is 17.2 Å². The summed E-state index contributed by atoms with van der Waals surface area (Å²) in [6.07, 6.45) is 1.45. The summed E-state index contributed by atoms with van der Waals surface area (Å²) < 4.78 is 16.5. The second-order valence-corrected chi connectivity index (χ2v) is 8.76. The summed E-state index contributed by atoms with van der Waals surface area (Å²) in [6.45, 7) is 0.263. The molecule has 0 aliphatic heterocycles. The minimum absolute atomic E-state index is 0.263. The summed E-state index contributed by atoms with van der Waals surface area (Å²) in [7, 11) is 1.47. The van der Waals surface area contributed by atoms with Crippen LogP contribution in [0.5, 0.6) is 17.2 Å². The maximum Gasteiger partial charge on any atom is 0.343 e. The molecule has 38 heavy (non-hydrogen) atoms. The number of esters is 1. The second-order valence-electron chi connectivity index (χ2n) is 7.91. The van der Waals surface area contributed by atoms with Crippen LogP contribution in [0.2, 0.25) is 10.0 Å². The highest BCUT2D eigenvalue weighted by atomic mass is 35.5. The number of amides is 1. The zero-order valence-corrected chi connectivity index (χ0v) is 21.7. The van der Waals surface area contributed by atoms with Crippen LogP contribution >= 0.6 is 23.2 Å². The number of ether oxygens (including phenoxy) is 3. The molecule has 0 heterocycles. The normalized spacial score (nSPS) is 10.7. The van der Waals surface area contributed by atoms with E-state index in [1.165, 1.54) is 13.3 Å². The topological polar surface area (TPSA) is 86.2 Å². The van der Waals surface area contributed by atoms with Crippen molar-refractivity contribution < 1.29 is 23.8 Å². The maximum atomic E-state index is 12.5. The molecule has 0 atom stereocenters. The van der Waals surface area contributed by atoms with E-state index >= 15 is 0 Å². The van der Waals surface area contributed by atoms with Crippen molar-refractivity contribution in [1.29, 1.82) is 0 Å². The molecule has 0 unspecified atom stereocenters. The molecule has 4 rings (SSSR count). The third-order valence-electron chi connectivity index (χ3n) is 5.31. The van der Waals surface area contributed by atoms with Crippen LogP contribution in [0.3, 0.4) is 0 Å². The minimum atomic E-state index is -0.497. The van der Waals surface area contributed by atoms with E-state index in [4.69, 9.17) is 37.4 Å². The highest BCUT2D eigenvalue weighted by molar-refractivity contribution is 6.35. The fraction of sp³-hybridized carbons (Fsp3) is 0.0690. The number of halogens is 2. The summed E-state index contributed by atoms with van der Waals surface area (Å²) in [5, 5.41) is 5.08. The van der Waals surface area contributed by atoms with Gasteiger partial charge in [0.15, 0.2) is 11.5 Å². The fourth-order valence-electron chi connectivity index (χ4n) is 3.31. The lowest BCUT2D eigenvalue weighted by Gasteiger charge is -2.10. The number of benzene rings is 4. The molecule has 0 spiro atoms. The molecule has 0 aromatic heterocycles. The van der Waals surface area contributed by atoms with E-state index < -0.39 is 11.9 Å².